The zero-order valence-corrected chi connectivity index (χ0v) is 14.6. The van der Waals surface area contributed by atoms with Gasteiger partial charge in [-0.2, -0.15) is 5.10 Å². The van der Waals surface area contributed by atoms with E-state index in [1.807, 2.05) is 29.9 Å². The first-order valence-electron chi connectivity index (χ1n) is 8.21. The molecule has 1 fully saturated rings. The molecule has 1 aliphatic heterocycles. The van der Waals surface area contributed by atoms with Crippen LogP contribution in [0.1, 0.15) is 31.0 Å². The highest BCUT2D eigenvalue weighted by molar-refractivity contribution is 6.29. The zero-order chi connectivity index (χ0) is 16.9. The standard InChI is InChI=1S/C18H22ClN5/c1-13(8-17-16(20-2)5-6-18(19)23-17)15-10-22-24(12-15)11-14-4-3-7-21-9-14/h5-6,8,10,12,14,21H,2-4,7,9,11H2,1H3/b13-8+. The predicted molar refractivity (Wildman–Crippen MR) is 99.8 cm³/mol. The summed E-state index contributed by atoms with van der Waals surface area (Å²) >= 11 is 5.99. The van der Waals surface area contributed by atoms with Gasteiger partial charge in [-0.1, -0.05) is 11.6 Å². The van der Waals surface area contributed by atoms with Crippen LogP contribution in [0.25, 0.3) is 11.6 Å². The Hall–Kier alpha value is -1.98. The average molecular weight is 344 g/mol. The molecule has 6 heteroatoms. The van der Waals surface area contributed by atoms with Crippen molar-refractivity contribution in [3.63, 3.8) is 0 Å². The lowest BCUT2D eigenvalue weighted by molar-refractivity contribution is 0.325. The minimum atomic E-state index is 0.446. The molecule has 1 N–H and O–H groups in total. The van der Waals surface area contributed by atoms with Crippen LogP contribution < -0.4 is 5.32 Å². The van der Waals surface area contributed by atoms with Gasteiger partial charge in [-0.3, -0.25) is 9.67 Å². The number of rotatable bonds is 5. The molecule has 2 aromatic heterocycles. The minimum Gasteiger partial charge on any atom is -0.316 e. The van der Waals surface area contributed by atoms with E-state index >= 15 is 0 Å². The van der Waals surface area contributed by atoms with Crippen LogP contribution in [0, 0.1) is 5.92 Å². The lowest BCUT2D eigenvalue weighted by Gasteiger charge is -2.22. The van der Waals surface area contributed by atoms with Crippen molar-refractivity contribution in [1.82, 2.24) is 20.1 Å². The Kier molecular flexibility index (Phi) is 5.43. The number of aliphatic imine (C=N–C) groups is 1. The van der Waals surface area contributed by atoms with Crippen LogP contribution in [-0.2, 0) is 6.54 Å². The van der Waals surface area contributed by atoms with Crippen LogP contribution in [-0.4, -0.2) is 34.6 Å². The average Bonchev–Trinajstić information content (AvgIpc) is 3.05. The maximum Gasteiger partial charge on any atom is 0.129 e. The van der Waals surface area contributed by atoms with Crippen molar-refractivity contribution in [1.29, 1.82) is 0 Å². The third kappa shape index (κ3) is 4.10. The van der Waals surface area contributed by atoms with Gasteiger partial charge in [0, 0.05) is 18.3 Å². The van der Waals surface area contributed by atoms with Gasteiger partial charge in [0.05, 0.1) is 17.6 Å². The van der Waals surface area contributed by atoms with Gasteiger partial charge in [0.25, 0.3) is 0 Å². The molecule has 0 saturated carbocycles. The molecule has 3 heterocycles. The summed E-state index contributed by atoms with van der Waals surface area (Å²) in [6.45, 7) is 8.79. The number of hydrogen-bond donors (Lipinski definition) is 1. The number of nitrogens with zero attached hydrogens (tertiary/aromatic N) is 4. The molecule has 2 aromatic rings. The number of halogens is 1. The van der Waals surface area contributed by atoms with Crippen molar-refractivity contribution >= 4 is 35.7 Å². The second-order valence-corrected chi connectivity index (χ2v) is 6.57. The molecule has 1 aliphatic rings. The molecule has 0 aromatic carbocycles. The second kappa shape index (κ2) is 7.73. The molecule has 3 rings (SSSR count). The van der Waals surface area contributed by atoms with Gasteiger partial charge < -0.3 is 5.32 Å². The maximum atomic E-state index is 5.99. The molecular weight excluding hydrogens is 322 g/mol. The topological polar surface area (TPSA) is 55.1 Å². The number of hydrogen-bond acceptors (Lipinski definition) is 4. The van der Waals surface area contributed by atoms with Crippen LogP contribution in [0.5, 0.6) is 0 Å². The smallest absolute Gasteiger partial charge is 0.129 e. The van der Waals surface area contributed by atoms with E-state index in [-0.39, 0.29) is 0 Å². The number of pyridine rings is 1. The second-order valence-electron chi connectivity index (χ2n) is 6.19. The SMILES string of the molecule is C=Nc1ccc(Cl)nc1/C=C(\C)c1cnn(CC2CCCNC2)c1. The van der Waals surface area contributed by atoms with E-state index in [1.54, 1.807) is 6.07 Å². The van der Waals surface area contributed by atoms with Crippen molar-refractivity contribution in [2.24, 2.45) is 10.9 Å². The first kappa shape index (κ1) is 16.9. The highest BCUT2D eigenvalue weighted by Gasteiger charge is 2.14. The largest absolute Gasteiger partial charge is 0.316 e. The molecule has 0 aliphatic carbocycles. The van der Waals surface area contributed by atoms with Crippen LogP contribution in [0.3, 0.4) is 0 Å². The fourth-order valence-electron chi connectivity index (χ4n) is 2.98. The van der Waals surface area contributed by atoms with Gasteiger partial charge in [-0.15, -0.1) is 0 Å². The van der Waals surface area contributed by atoms with Gasteiger partial charge in [-0.05, 0) is 69.3 Å². The van der Waals surface area contributed by atoms with Crippen LogP contribution >= 0.6 is 11.6 Å². The molecule has 0 radical (unpaired) electrons. The van der Waals surface area contributed by atoms with E-state index in [0.29, 0.717) is 11.1 Å². The van der Waals surface area contributed by atoms with Gasteiger partial charge in [0.15, 0.2) is 0 Å². The van der Waals surface area contributed by atoms with E-state index in [4.69, 9.17) is 11.6 Å². The Bertz CT molecular complexity index is 744. The molecule has 0 amide bonds. The molecule has 126 valence electrons. The Morgan fingerprint density at radius 3 is 3.17 bits per heavy atom. The summed E-state index contributed by atoms with van der Waals surface area (Å²) in [5.74, 6) is 0.655. The monoisotopic (exact) mass is 343 g/mol. The third-order valence-corrected chi connectivity index (χ3v) is 4.54. The Morgan fingerprint density at radius 1 is 1.54 bits per heavy atom. The summed E-state index contributed by atoms with van der Waals surface area (Å²) in [6, 6.07) is 3.54. The zero-order valence-electron chi connectivity index (χ0n) is 13.9. The summed E-state index contributed by atoms with van der Waals surface area (Å²) in [7, 11) is 0. The third-order valence-electron chi connectivity index (χ3n) is 4.32. The molecule has 1 saturated heterocycles. The van der Waals surface area contributed by atoms with Crippen molar-refractivity contribution in [2.45, 2.75) is 26.3 Å². The van der Waals surface area contributed by atoms with Crippen molar-refractivity contribution < 1.29 is 0 Å². The molecule has 1 atom stereocenters. The lowest BCUT2D eigenvalue weighted by Crippen LogP contribution is -2.32. The number of piperidine rings is 1. The van der Waals surface area contributed by atoms with Gasteiger partial charge in [-0.25, -0.2) is 4.98 Å². The van der Waals surface area contributed by atoms with Crippen LogP contribution in [0.15, 0.2) is 29.5 Å². The fourth-order valence-corrected chi connectivity index (χ4v) is 3.14. The number of aromatic nitrogens is 3. The quantitative estimate of drug-likeness (QED) is 0.663. The maximum absolute atomic E-state index is 5.99. The molecule has 1 unspecified atom stereocenters. The summed E-state index contributed by atoms with van der Waals surface area (Å²) in [5.41, 5.74) is 3.59. The summed E-state index contributed by atoms with van der Waals surface area (Å²) in [6.07, 6.45) is 8.46. The fraction of sp³-hybridized carbons (Fsp3) is 0.389. The summed E-state index contributed by atoms with van der Waals surface area (Å²) in [4.78, 5) is 8.33. The van der Waals surface area contributed by atoms with Crippen LogP contribution in [0.2, 0.25) is 5.15 Å². The van der Waals surface area contributed by atoms with Gasteiger partial charge in [0.2, 0.25) is 0 Å². The van der Waals surface area contributed by atoms with Crippen LogP contribution in [0.4, 0.5) is 5.69 Å². The van der Waals surface area contributed by atoms with E-state index in [9.17, 15) is 0 Å². The van der Waals surface area contributed by atoms with Crippen molar-refractivity contribution in [2.75, 3.05) is 13.1 Å². The number of nitrogens with one attached hydrogen (secondary N) is 1. The van der Waals surface area contributed by atoms with E-state index < -0.39 is 0 Å². The van der Waals surface area contributed by atoms with Crippen molar-refractivity contribution in [3.05, 3.63) is 40.9 Å². The highest BCUT2D eigenvalue weighted by atomic mass is 35.5. The molecule has 0 bridgehead atoms. The predicted octanol–water partition coefficient (Wildman–Crippen LogP) is 3.82. The van der Waals surface area contributed by atoms with Gasteiger partial charge >= 0.3 is 0 Å². The first-order chi connectivity index (χ1) is 11.7. The summed E-state index contributed by atoms with van der Waals surface area (Å²) < 4.78 is 2.03. The highest BCUT2D eigenvalue weighted by Crippen LogP contribution is 2.25. The normalized spacial score (nSPS) is 18.6. The van der Waals surface area contributed by atoms with E-state index in [0.717, 1.165) is 42.2 Å². The Labute approximate surface area is 147 Å². The molecular formula is C18H22ClN5. The Balaban J connectivity index is 1.76. The van der Waals surface area contributed by atoms with E-state index in [1.165, 1.54) is 12.8 Å². The first-order valence-corrected chi connectivity index (χ1v) is 8.58. The molecule has 0 spiro atoms. The number of allylic oxidation sites excluding steroid dienone is 1. The van der Waals surface area contributed by atoms with Crippen molar-refractivity contribution in [3.8, 4) is 0 Å². The lowest BCUT2D eigenvalue weighted by atomic mass is 10.00. The molecule has 5 nitrogen and oxygen atoms in total. The van der Waals surface area contributed by atoms with Gasteiger partial charge in [0.1, 0.15) is 5.15 Å². The van der Waals surface area contributed by atoms with E-state index in [2.05, 4.69) is 33.3 Å². The summed E-state index contributed by atoms with van der Waals surface area (Å²) in [5, 5.41) is 8.39. The molecule has 24 heavy (non-hydrogen) atoms. The minimum absolute atomic E-state index is 0.446. The Morgan fingerprint density at radius 2 is 2.42 bits per heavy atom.